The maximum atomic E-state index is 10.6. The van der Waals surface area contributed by atoms with Crippen LogP contribution in [-0.4, -0.2) is 23.2 Å². The van der Waals surface area contributed by atoms with E-state index in [2.05, 4.69) is 4.98 Å². The van der Waals surface area contributed by atoms with E-state index in [1.807, 2.05) is 6.07 Å². The number of aromatic nitrogens is 1. The molecule has 1 heterocycles. The third kappa shape index (κ3) is 1.55. The number of hydrogen-bond acceptors (Lipinski definition) is 3. The van der Waals surface area contributed by atoms with E-state index in [0.29, 0.717) is 5.88 Å². The van der Waals surface area contributed by atoms with Crippen molar-refractivity contribution in [1.29, 1.82) is 0 Å². The third-order valence-electron chi connectivity index (χ3n) is 2.50. The number of rotatable bonds is 3. The van der Waals surface area contributed by atoms with Gasteiger partial charge in [0.1, 0.15) is 0 Å². The van der Waals surface area contributed by atoms with Crippen LogP contribution in [0.1, 0.15) is 17.9 Å². The predicted molar refractivity (Wildman–Crippen MR) is 49.3 cm³/mol. The maximum absolute atomic E-state index is 10.6. The average molecular weight is 193 g/mol. The molecule has 2 unspecified atom stereocenters. The van der Waals surface area contributed by atoms with Gasteiger partial charge < -0.3 is 9.84 Å². The summed E-state index contributed by atoms with van der Waals surface area (Å²) in [5.74, 6) is -0.233. The van der Waals surface area contributed by atoms with Crippen molar-refractivity contribution in [2.24, 2.45) is 5.92 Å². The molecule has 1 aliphatic rings. The minimum Gasteiger partial charge on any atom is -0.481 e. The van der Waals surface area contributed by atoms with Crippen LogP contribution in [0.25, 0.3) is 0 Å². The van der Waals surface area contributed by atoms with E-state index in [4.69, 9.17) is 9.84 Å². The van der Waals surface area contributed by atoms with Gasteiger partial charge in [-0.3, -0.25) is 4.79 Å². The van der Waals surface area contributed by atoms with Gasteiger partial charge in [-0.1, -0.05) is 6.07 Å². The van der Waals surface area contributed by atoms with Gasteiger partial charge in [-0.15, -0.1) is 0 Å². The number of carboxylic acid groups (broad SMARTS) is 1. The van der Waals surface area contributed by atoms with E-state index in [1.54, 1.807) is 19.4 Å². The molecule has 0 amide bonds. The summed E-state index contributed by atoms with van der Waals surface area (Å²) < 4.78 is 4.92. The zero-order chi connectivity index (χ0) is 10.1. The molecule has 0 saturated heterocycles. The number of nitrogens with zero attached hydrogens (tertiary/aromatic N) is 1. The van der Waals surface area contributed by atoms with Crippen molar-refractivity contribution in [2.75, 3.05) is 7.11 Å². The van der Waals surface area contributed by atoms with Crippen LogP contribution in [0.4, 0.5) is 0 Å². The van der Waals surface area contributed by atoms with Crippen LogP contribution in [0.2, 0.25) is 0 Å². The molecule has 74 valence electrons. The number of carbonyl (C=O) groups is 1. The maximum Gasteiger partial charge on any atom is 0.307 e. The Labute approximate surface area is 81.5 Å². The van der Waals surface area contributed by atoms with Crippen molar-refractivity contribution < 1.29 is 14.6 Å². The average Bonchev–Trinajstić information content (AvgIpc) is 2.97. The van der Waals surface area contributed by atoms with Crippen LogP contribution < -0.4 is 4.74 Å². The molecule has 0 bridgehead atoms. The van der Waals surface area contributed by atoms with Crippen molar-refractivity contribution in [3.8, 4) is 5.88 Å². The summed E-state index contributed by atoms with van der Waals surface area (Å²) in [7, 11) is 1.55. The minimum absolute atomic E-state index is 0.144. The van der Waals surface area contributed by atoms with Crippen LogP contribution in [0.5, 0.6) is 5.88 Å². The summed E-state index contributed by atoms with van der Waals surface area (Å²) in [4.78, 5) is 14.7. The highest BCUT2D eigenvalue weighted by Gasteiger charge is 2.44. The SMILES string of the molecule is COc1ccc(C2CC2C(=O)O)cn1. The highest BCUT2D eigenvalue weighted by Crippen LogP contribution is 2.47. The van der Waals surface area contributed by atoms with Crippen molar-refractivity contribution in [3.05, 3.63) is 23.9 Å². The second-order valence-electron chi connectivity index (χ2n) is 3.42. The number of aliphatic carboxylic acids is 1. The topological polar surface area (TPSA) is 59.4 Å². The quantitative estimate of drug-likeness (QED) is 0.785. The Morgan fingerprint density at radius 3 is 2.86 bits per heavy atom. The fourth-order valence-corrected chi connectivity index (χ4v) is 1.57. The second kappa shape index (κ2) is 3.29. The molecule has 0 spiro atoms. The fraction of sp³-hybridized carbons (Fsp3) is 0.400. The number of hydrogen-bond donors (Lipinski definition) is 1. The van der Waals surface area contributed by atoms with Gasteiger partial charge in [0.05, 0.1) is 13.0 Å². The molecule has 1 N–H and O–H groups in total. The molecule has 4 heteroatoms. The summed E-state index contributed by atoms with van der Waals surface area (Å²) in [6.45, 7) is 0. The Morgan fingerprint density at radius 1 is 1.64 bits per heavy atom. The first-order valence-corrected chi connectivity index (χ1v) is 4.45. The van der Waals surface area contributed by atoms with E-state index >= 15 is 0 Å². The van der Waals surface area contributed by atoms with Gasteiger partial charge in [-0.25, -0.2) is 4.98 Å². The van der Waals surface area contributed by atoms with Crippen LogP contribution in [-0.2, 0) is 4.79 Å². The molecule has 1 fully saturated rings. The van der Waals surface area contributed by atoms with E-state index in [1.165, 1.54) is 0 Å². The molecular formula is C10H11NO3. The molecule has 1 aromatic heterocycles. The largest absolute Gasteiger partial charge is 0.481 e. The summed E-state index contributed by atoms with van der Waals surface area (Å²) in [6, 6.07) is 3.63. The highest BCUT2D eigenvalue weighted by molar-refractivity contribution is 5.75. The van der Waals surface area contributed by atoms with E-state index in [9.17, 15) is 4.79 Å². The van der Waals surface area contributed by atoms with Gasteiger partial charge in [-0.05, 0) is 17.9 Å². The van der Waals surface area contributed by atoms with Crippen LogP contribution in [0, 0.1) is 5.92 Å². The van der Waals surface area contributed by atoms with Crippen LogP contribution >= 0.6 is 0 Å². The lowest BCUT2D eigenvalue weighted by Gasteiger charge is -2.00. The fourth-order valence-electron chi connectivity index (χ4n) is 1.57. The van der Waals surface area contributed by atoms with E-state index in [-0.39, 0.29) is 11.8 Å². The highest BCUT2D eigenvalue weighted by atomic mass is 16.5. The zero-order valence-electron chi connectivity index (χ0n) is 7.80. The second-order valence-corrected chi connectivity index (χ2v) is 3.42. The first kappa shape index (κ1) is 8.99. The molecule has 1 saturated carbocycles. The summed E-state index contributed by atoms with van der Waals surface area (Å²) in [5.41, 5.74) is 0.984. The molecule has 1 aliphatic carbocycles. The first-order chi connectivity index (χ1) is 6.72. The van der Waals surface area contributed by atoms with Crippen molar-refractivity contribution >= 4 is 5.97 Å². The van der Waals surface area contributed by atoms with E-state index in [0.717, 1.165) is 12.0 Å². The van der Waals surface area contributed by atoms with Gasteiger partial charge in [0.2, 0.25) is 5.88 Å². The normalized spacial score (nSPS) is 24.4. The molecule has 2 atom stereocenters. The van der Waals surface area contributed by atoms with Gasteiger partial charge in [0, 0.05) is 12.3 Å². The first-order valence-electron chi connectivity index (χ1n) is 4.45. The Morgan fingerprint density at radius 2 is 2.43 bits per heavy atom. The number of carboxylic acids is 1. The van der Waals surface area contributed by atoms with Crippen molar-refractivity contribution in [2.45, 2.75) is 12.3 Å². The summed E-state index contributed by atoms with van der Waals surface area (Å²) >= 11 is 0. The molecule has 1 aromatic rings. The van der Waals surface area contributed by atoms with Gasteiger partial charge in [-0.2, -0.15) is 0 Å². The molecule has 0 radical (unpaired) electrons. The standard InChI is InChI=1S/C10H11NO3/c1-14-9-3-2-6(5-11-9)7-4-8(7)10(12)13/h2-3,5,7-8H,4H2,1H3,(H,12,13). The lowest BCUT2D eigenvalue weighted by atomic mass is 10.1. The molecule has 4 nitrogen and oxygen atoms in total. The lowest BCUT2D eigenvalue weighted by molar-refractivity contribution is -0.138. The number of pyridine rings is 1. The number of ether oxygens (including phenoxy) is 1. The predicted octanol–water partition coefficient (Wildman–Crippen LogP) is 1.28. The van der Waals surface area contributed by atoms with Gasteiger partial charge in [0.15, 0.2) is 0 Å². The van der Waals surface area contributed by atoms with Gasteiger partial charge in [0.25, 0.3) is 0 Å². The third-order valence-corrected chi connectivity index (χ3v) is 2.50. The zero-order valence-corrected chi connectivity index (χ0v) is 7.80. The van der Waals surface area contributed by atoms with Crippen molar-refractivity contribution in [3.63, 3.8) is 0 Å². The van der Waals surface area contributed by atoms with Crippen LogP contribution in [0.15, 0.2) is 18.3 Å². The molecule has 14 heavy (non-hydrogen) atoms. The smallest absolute Gasteiger partial charge is 0.307 e. The Bertz CT molecular complexity index is 347. The summed E-state index contributed by atoms with van der Waals surface area (Å²) in [6.07, 6.45) is 2.41. The lowest BCUT2D eigenvalue weighted by Crippen LogP contribution is -1.99. The molecule has 2 rings (SSSR count). The van der Waals surface area contributed by atoms with E-state index < -0.39 is 5.97 Å². The minimum atomic E-state index is -0.717. The van der Waals surface area contributed by atoms with Crippen molar-refractivity contribution in [1.82, 2.24) is 4.98 Å². The summed E-state index contributed by atoms with van der Waals surface area (Å²) in [5, 5.41) is 8.74. The van der Waals surface area contributed by atoms with Gasteiger partial charge >= 0.3 is 5.97 Å². The Hall–Kier alpha value is -1.58. The van der Waals surface area contributed by atoms with Crippen LogP contribution in [0.3, 0.4) is 0 Å². The monoisotopic (exact) mass is 193 g/mol. The number of methoxy groups -OCH3 is 1. The molecule has 0 aromatic carbocycles. The molecule has 0 aliphatic heterocycles. The Balaban J connectivity index is 2.08. The Kier molecular flexibility index (Phi) is 2.11. The molecular weight excluding hydrogens is 182 g/mol.